The number of rotatable bonds is 3. The van der Waals surface area contributed by atoms with Gasteiger partial charge in [-0.2, -0.15) is 0 Å². The maximum atomic E-state index is 2.62. The highest BCUT2D eigenvalue weighted by Crippen LogP contribution is 2.12. The van der Waals surface area contributed by atoms with Crippen molar-refractivity contribution in [1.82, 2.24) is 9.80 Å². The molecular weight excluding hydrogens is 160 g/mol. The van der Waals surface area contributed by atoms with Gasteiger partial charge in [-0.15, -0.1) is 0 Å². The van der Waals surface area contributed by atoms with Crippen molar-refractivity contribution in [2.45, 2.75) is 33.2 Å². The molecule has 0 aliphatic carbocycles. The lowest BCUT2D eigenvalue weighted by molar-refractivity contribution is 0.108. The summed E-state index contributed by atoms with van der Waals surface area (Å²) in [6, 6.07) is 0.772. The largest absolute Gasteiger partial charge is 0.304 e. The molecule has 1 rings (SSSR count). The van der Waals surface area contributed by atoms with E-state index in [2.05, 4.69) is 37.6 Å². The fourth-order valence-corrected chi connectivity index (χ4v) is 2.09. The van der Waals surface area contributed by atoms with Gasteiger partial charge in [0.1, 0.15) is 0 Å². The van der Waals surface area contributed by atoms with E-state index < -0.39 is 0 Å². The molecule has 2 nitrogen and oxygen atoms in total. The Morgan fingerprint density at radius 1 is 1.00 bits per heavy atom. The van der Waals surface area contributed by atoms with E-state index in [9.17, 15) is 0 Å². The third-order valence-electron chi connectivity index (χ3n) is 2.97. The summed E-state index contributed by atoms with van der Waals surface area (Å²) in [7, 11) is 2.21. The zero-order valence-corrected chi connectivity index (χ0v) is 9.58. The Balaban J connectivity index is 2.27. The highest BCUT2D eigenvalue weighted by Gasteiger charge is 2.19. The number of likely N-dealkylation sites (N-methyl/N-ethyl adjacent to an activating group) is 1. The predicted octanol–water partition coefficient (Wildman–Crippen LogP) is 1.67. The molecule has 0 aromatic heterocycles. The van der Waals surface area contributed by atoms with Gasteiger partial charge in [-0.1, -0.05) is 13.8 Å². The molecule has 78 valence electrons. The molecule has 1 saturated heterocycles. The quantitative estimate of drug-likeness (QED) is 0.658. The molecule has 0 amide bonds. The monoisotopic (exact) mass is 184 g/mol. The molecular formula is C11H24N2. The van der Waals surface area contributed by atoms with Crippen molar-refractivity contribution in [3.63, 3.8) is 0 Å². The van der Waals surface area contributed by atoms with Crippen LogP contribution in [0.25, 0.3) is 0 Å². The van der Waals surface area contributed by atoms with Gasteiger partial charge >= 0.3 is 0 Å². The van der Waals surface area contributed by atoms with Crippen LogP contribution >= 0.6 is 0 Å². The first-order valence-corrected chi connectivity index (χ1v) is 5.52. The summed E-state index contributed by atoms with van der Waals surface area (Å²) in [5.74, 6) is 0.828. The average Bonchev–Trinajstić information content (AvgIpc) is 2.04. The third-order valence-corrected chi connectivity index (χ3v) is 2.97. The van der Waals surface area contributed by atoms with Crippen molar-refractivity contribution in [3.8, 4) is 0 Å². The number of piperazine rings is 1. The lowest BCUT2D eigenvalue weighted by Gasteiger charge is -2.37. The minimum absolute atomic E-state index is 0.772. The SMILES string of the molecule is CC(C)CC(C)N1CCN(C)CC1. The van der Waals surface area contributed by atoms with Crippen LogP contribution in [0.1, 0.15) is 27.2 Å². The molecule has 0 bridgehead atoms. The zero-order chi connectivity index (χ0) is 9.84. The van der Waals surface area contributed by atoms with Crippen LogP contribution in [0.2, 0.25) is 0 Å². The van der Waals surface area contributed by atoms with Crippen molar-refractivity contribution < 1.29 is 0 Å². The van der Waals surface area contributed by atoms with Gasteiger partial charge in [0, 0.05) is 32.2 Å². The Morgan fingerprint density at radius 2 is 1.54 bits per heavy atom. The lowest BCUT2D eigenvalue weighted by Crippen LogP contribution is -2.48. The molecule has 1 atom stereocenters. The minimum Gasteiger partial charge on any atom is -0.304 e. The first-order chi connectivity index (χ1) is 6.09. The van der Waals surface area contributed by atoms with Crippen molar-refractivity contribution >= 4 is 0 Å². The smallest absolute Gasteiger partial charge is 0.0113 e. The maximum Gasteiger partial charge on any atom is 0.0113 e. The molecule has 1 fully saturated rings. The zero-order valence-electron chi connectivity index (χ0n) is 9.58. The van der Waals surface area contributed by atoms with E-state index in [1.807, 2.05) is 0 Å². The standard InChI is InChI=1S/C11H24N2/c1-10(2)9-11(3)13-7-5-12(4)6-8-13/h10-11H,5-9H2,1-4H3. The van der Waals surface area contributed by atoms with Gasteiger partial charge in [-0.3, -0.25) is 4.90 Å². The van der Waals surface area contributed by atoms with Crippen molar-refractivity contribution in [3.05, 3.63) is 0 Å². The molecule has 0 saturated carbocycles. The second-order valence-electron chi connectivity index (χ2n) is 4.82. The second-order valence-corrected chi connectivity index (χ2v) is 4.82. The van der Waals surface area contributed by atoms with E-state index in [0.717, 1.165) is 12.0 Å². The average molecular weight is 184 g/mol. The highest BCUT2D eigenvalue weighted by atomic mass is 15.3. The molecule has 1 unspecified atom stereocenters. The van der Waals surface area contributed by atoms with Crippen LogP contribution in [0.3, 0.4) is 0 Å². The molecule has 0 spiro atoms. The van der Waals surface area contributed by atoms with Crippen LogP contribution in [0.4, 0.5) is 0 Å². The van der Waals surface area contributed by atoms with Gasteiger partial charge in [0.05, 0.1) is 0 Å². The van der Waals surface area contributed by atoms with E-state index in [1.165, 1.54) is 32.6 Å². The Kier molecular flexibility index (Phi) is 4.20. The molecule has 0 radical (unpaired) electrons. The van der Waals surface area contributed by atoms with Crippen LogP contribution in [-0.2, 0) is 0 Å². The molecule has 1 heterocycles. The highest BCUT2D eigenvalue weighted by molar-refractivity contribution is 4.75. The van der Waals surface area contributed by atoms with Crippen LogP contribution in [0.15, 0.2) is 0 Å². The normalized spacial score (nSPS) is 23.8. The van der Waals surface area contributed by atoms with Gasteiger partial charge in [-0.25, -0.2) is 0 Å². The molecule has 2 heteroatoms. The number of hydrogen-bond donors (Lipinski definition) is 0. The van der Waals surface area contributed by atoms with Gasteiger partial charge in [0.15, 0.2) is 0 Å². The second kappa shape index (κ2) is 4.97. The van der Waals surface area contributed by atoms with Crippen LogP contribution in [0, 0.1) is 5.92 Å². The van der Waals surface area contributed by atoms with E-state index in [-0.39, 0.29) is 0 Å². The molecule has 0 aromatic rings. The molecule has 0 N–H and O–H groups in total. The predicted molar refractivity (Wildman–Crippen MR) is 58.0 cm³/mol. The fraction of sp³-hybridized carbons (Fsp3) is 1.00. The van der Waals surface area contributed by atoms with Crippen molar-refractivity contribution in [1.29, 1.82) is 0 Å². The van der Waals surface area contributed by atoms with Gasteiger partial charge in [0.2, 0.25) is 0 Å². The van der Waals surface area contributed by atoms with Crippen LogP contribution in [0.5, 0.6) is 0 Å². The van der Waals surface area contributed by atoms with Crippen molar-refractivity contribution in [2.24, 2.45) is 5.92 Å². The van der Waals surface area contributed by atoms with Crippen molar-refractivity contribution in [2.75, 3.05) is 33.2 Å². The summed E-state index contributed by atoms with van der Waals surface area (Å²) in [6.07, 6.45) is 1.34. The summed E-state index contributed by atoms with van der Waals surface area (Å²) in [6.45, 7) is 12.0. The van der Waals surface area contributed by atoms with Gasteiger partial charge in [-0.05, 0) is 26.3 Å². The Morgan fingerprint density at radius 3 is 2.00 bits per heavy atom. The minimum atomic E-state index is 0.772. The van der Waals surface area contributed by atoms with E-state index in [4.69, 9.17) is 0 Å². The summed E-state index contributed by atoms with van der Waals surface area (Å²) >= 11 is 0. The molecule has 1 aliphatic heterocycles. The Labute approximate surface area is 82.9 Å². The van der Waals surface area contributed by atoms with E-state index in [0.29, 0.717) is 0 Å². The third kappa shape index (κ3) is 3.65. The maximum absolute atomic E-state index is 2.62. The van der Waals surface area contributed by atoms with E-state index >= 15 is 0 Å². The fourth-order valence-electron chi connectivity index (χ4n) is 2.09. The Hall–Kier alpha value is -0.0800. The number of hydrogen-bond acceptors (Lipinski definition) is 2. The van der Waals surface area contributed by atoms with Crippen LogP contribution < -0.4 is 0 Å². The van der Waals surface area contributed by atoms with Gasteiger partial charge in [0.25, 0.3) is 0 Å². The summed E-state index contributed by atoms with van der Waals surface area (Å²) < 4.78 is 0. The summed E-state index contributed by atoms with van der Waals surface area (Å²) in [4.78, 5) is 5.04. The first-order valence-electron chi connectivity index (χ1n) is 5.52. The Bertz CT molecular complexity index is 137. The van der Waals surface area contributed by atoms with E-state index in [1.54, 1.807) is 0 Å². The first kappa shape index (κ1) is 11.0. The molecule has 0 aromatic carbocycles. The lowest BCUT2D eigenvalue weighted by atomic mass is 10.0. The van der Waals surface area contributed by atoms with Crippen LogP contribution in [-0.4, -0.2) is 49.1 Å². The molecule has 1 aliphatic rings. The number of nitrogens with zero attached hydrogens (tertiary/aromatic N) is 2. The summed E-state index contributed by atoms with van der Waals surface area (Å²) in [5, 5.41) is 0. The summed E-state index contributed by atoms with van der Waals surface area (Å²) in [5.41, 5.74) is 0. The molecule has 13 heavy (non-hydrogen) atoms. The van der Waals surface area contributed by atoms with Gasteiger partial charge < -0.3 is 4.90 Å². The topological polar surface area (TPSA) is 6.48 Å².